The van der Waals surface area contributed by atoms with Gasteiger partial charge >= 0.3 is 0 Å². The van der Waals surface area contributed by atoms with Crippen LogP contribution >= 0.6 is 11.3 Å². The molecule has 0 radical (unpaired) electrons. The zero-order valence-electron chi connectivity index (χ0n) is 12.7. The summed E-state index contributed by atoms with van der Waals surface area (Å²) in [5, 5.41) is 3.11. The maximum atomic E-state index is 12.4. The van der Waals surface area contributed by atoms with Crippen LogP contribution in [-0.2, 0) is 0 Å². The lowest BCUT2D eigenvalue weighted by molar-refractivity contribution is 0.0922. The summed E-state index contributed by atoms with van der Waals surface area (Å²) in [4.78, 5) is 19.5. The van der Waals surface area contributed by atoms with Crippen molar-refractivity contribution in [3.63, 3.8) is 0 Å². The van der Waals surface area contributed by atoms with E-state index >= 15 is 0 Å². The number of ketones is 1. The van der Waals surface area contributed by atoms with Crippen LogP contribution in [0.4, 0.5) is 0 Å². The highest BCUT2D eigenvalue weighted by atomic mass is 32.1. The molecule has 0 unspecified atom stereocenters. The molecule has 0 fully saturated rings. The van der Waals surface area contributed by atoms with Crippen LogP contribution in [-0.4, -0.2) is 22.4 Å². The minimum Gasteiger partial charge on any atom is -0.485 e. The average molecular weight is 334 g/mol. The van der Waals surface area contributed by atoms with Gasteiger partial charge in [0.2, 0.25) is 0 Å². The molecule has 24 heavy (non-hydrogen) atoms. The van der Waals surface area contributed by atoms with Gasteiger partial charge in [-0.3, -0.25) is 4.79 Å². The van der Waals surface area contributed by atoms with E-state index in [4.69, 9.17) is 4.74 Å². The average Bonchev–Trinajstić information content (AvgIpc) is 3.30. The highest BCUT2D eigenvalue weighted by Gasteiger charge is 2.11. The highest BCUT2D eigenvalue weighted by Crippen LogP contribution is 2.28. The van der Waals surface area contributed by atoms with Crippen molar-refractivity contribution in [2.45, 2.75) is 0 Å². The summed E-state index contributed by atoms with van der Waals surface area (Å²) in [6.45, 7) is 0.000788. The number of nitrogens with one attached hydrogen (secondary N) is 1. The van der Waals surface area contributed by atoms with Gasteiger partial charge < -0.3 is 9.72 Å². The zero-order chi connectivity index (χ0) is 16.4. The van der Waals surface area contributed by atoms with Gasteiger partial charge in [-0.15, -0.1) is 11.3 Å². The summed E-state index contributed by atoms with van der Waals surface area (Å²) in [6, 6.07) is 15.4. The Morgan fingerprint density at radius 1 is 1.17 bits per heavy atom. The number of Topliss-reactive ketones (excluding diaryl/α,β-unsaturated/α-hetero) is 1. The summed E-state index contributed by atoms with van der Waals surface area (Å²) in [5.74, 6) is 0.620. The second-order valence-electron chi connectivity index (χ2n) is 5.35. The fourth-order valence-corrected chi connectivity index (χ4v) is 3.36. The Kier molecular flexibility index (Phi) is 3.84. The van der Waals surface area contributed by atoms with E-state index in [1.54, 1.807) is 23.9 Å². The van der Waals surface area contributed by atoms with Gasteiger partial charge in [0, 0.05) is 15.8 Å². The van der Waals surface area contributed by atoms with E-state index in [0.717, 1.165) is 16.6 Å². The number of fused-ring (bicyclic) bond motifs is 1. The van der Waals surface area contributed by atoms with E-state index in [1.807, 2.05) is 53.9 Å². The van der Waals surface area contributed by atoms with Crippen LogP contribution in [0.5, 0.6) is 5.75 Å². The molecule has 0 aliphatic rings. The number of hydrogen-bond donors (Lipinski definition) is 1. The van der Waals surface area contributed by atoms with Crippen LogP contribution in [0.15, 0.2) is 66.4 Å². The molecule has 1 N–H and O–H groups in total. The molecule has 2 aromatic heterocycles. The number of carbonyl (C=O) groups excluding carboxylic acids is 1. The number of ether oxygens (including phenoxy) is 1. The Labute approximate surface area is 142 Å². The van der Waals surface area contributed by atoms with E-state index in [0.29, 0.717) is 11.3 Å². The van der Waals surface area contributed by atoms with Gasteiger partial charge in [0.15, 0.2) is 12.4 Å². The van der Waals surface area contributed by atoms with Crippen molar-refractivity contribution in [3.8, 4) is 17.0 Å². The number of para-hydroxylation sites is 1. The number of rotatable bonds is 5. The van der Waals surface area contributed by atoms with Gasteiger partial charge in [-0.1, -0.05) is 12.1 Å². The fraction of sp³-hybridized carbons (Fsp3) is 0.0526. The van der Waals surface area contributed by atoms with Crippen molar-refractivity contribution >= 4 is 27.2 Å². The molecule has 0 bridgehead atoms. The maximum absolute atomic E-state index is 12.4. The fourth-order valence-electron chi connectivity index (χ4n) is 2.58. The van der Waals surface area contributed by atoms with Gasteiger partial charge in [0.05, 0.1) is 18.2 Å². The minimum absolute atomic E-state index is 0.000788. The Bertz CT molecular complexity index is 989. The molecule has 0 amide bonds. The second kappa shape index (κ2) is 6.29. The molecule has 0 saturated carbocycles. The third-order valence-corrected chi connectivity index (χ3v) is 4.71. The first-order chi connectivity index (χ1) is 11.8. The first-order valence-electron chi connectivity index (χ1n) is 7.52. The largest absolute Gasteiger partial charge is 0.485 e. The number of aromatic nitrogens is 2. The normalized spacial score (nSPS) is 10.8. The predicted octanol–water partition coefficient (Wildman–Crippen LogP) is 4.55. The van der Waals surface area contributed by atoms with Crippen LogP contribution in [0.3, 0.4) is 0 Å². The summed E-state index contributed by atoms with van der Waals surface area (Å²) in [5.41, 5.74) is 2.41. The van der Waals surface area contributed by atoms with Crippen molar-refractivity contribution in [2.24, 2.45) is 0 Å². The van der Waals surface area contributed by atoms with Crippen LogP contribution in [0.1, 0.15) is 10.4 Å². The number of hydrogen-bond acceptors (Lipinski definition) is 4. The summed E-state index contributed by atoms with van der Waals surface area (Å²) >= 11 is 1.67. The van der Waals surface area contributed by atoms with Gasteiger partial charge in [0.1, 0.15) is 5.75 Å². The minimum atomic E-state index is -0.0393. The molecule has 118 valence electrons. The van der Waals surface area contributed by atoms with E-state index < -0.39 is 0 Å². The standard InChI is InChI=1S/C19H14N2O2S/c22-17(13-5-6-19-14(9-13)7-8-24-19)11-23-18-4-2-1-3-15(18)16-10-20-12-21-16/h1-10,12H,11H2,(H,20,21). The molecule has 2 aromatic carbocycles. The number of carbonyl (C=O) groups is 1. The lowest BCUT2D eigenvalue weighted by atomic mass is 10.1. The topological polar surface area (TPSA) is 55.0 Å². The van der Waals surface area contributed by atoms with Gasteiger partial charge in [-0.25, -0.2) is 4.98 Å². The first-order valence-corrected chi connectivity index (χ1v) is 8.40. The lowest BCUT2D eigenvalue weighted by Gasteiger charge is -2.10. The Morgan fingerprint density at radius 2 is 2.08 bits per heavy atom. The van der Waals surface area contributed by atoms with Crippen molar-refractivity contribution in [1.82, 2.24) is 9.97 Å². The van der Waals surface area contributed by atoms with E-state index in [1.165, 1.54) is 4.70 Å². The number of thiophene rings is 1. The highest BCUT2D eigenvalue weighted by molar-refractivity contribution is 7.17. The first kappa shape index (κ1) is 14.7. The molecule has 5 heteroatoms. The molecule has 0 aliphatic carbocycles. The molecule has 0 spiro atoms. The Hall–Kier alpha value is -2.92. The SMILES string of the molecule is O=C(COc1ccccc1-c1cnc[nH]1)c1ccc2sccc2c1. The van der Waals surface area contributed by atoms with E-state index in [9.17, 15) is 4.79 Å². The Balaban J connectivity index is 1.53. The van der Waals surface area contributed by atoms with E-state index in [2.05, 4.69) is 9.97 Å². The smallest absolute Gasteiger partial charge is 0.200 e. The molecular formula is C19H14N2O2S. The maximum Gasteiger partial charge on any atom is 0.200 e. The van der Waals surface area contributed by atoms with Crippen LogP contribution in [0, 0.1) is 0 Å². The number of H-pyrrole nitrogens is 1. The zero-order valence-corrected chi connectivity index (χ0v) is 13.5. The molecule has 4 nitrogen and oxygen atoms in total. The summed E-state index contributed by atoms with van der Waals surface area (Å²) in [6.07, 6.45) is 3.35. The molecule has 0 saturated heterocycles. The summed E-state index contributed by atoms with van der Waals surface area (Å²) in [7, 11) is 0. The molecule has 4 rings (SSSR count). The molecular weight excluding hydrogens is 320 g/mol. The number of aromatic amines is 1. The lowest BCUT2D eigenvalue weighted by Crippen LogP contribution is -2.11. The van der Waals surface area contributed by atoms with E-state index in [-0.39, 0.29) is 12.4 Å². The van der Waals surface area contributed by atoms with Crippen molar-refractivity contribution in [2.75, 3.05) is 6.61 Å². The number of benzene rings is 2. The third kappa shape index (κ3) is 2.81. The van der Waals surface area contributed by atoms with Gasteiger partial charge in [-0.2, -0.15) is 0 Å². The number of nitrogens with zero attached hydrogens (tertiary/aromatic N) is 1. The van der Waals surface area contributed by atoms with Crippen LogP contribution in [0.2, 0.25) is 0 Å². The predicted molar refractivity (Wildman–Crippen MR) is 95.7 cm³/mol. The van der Waals surface area contributed by atoms with Crippen LogP contribution in [0.25, 0.3) is 21.3 Å². The molecule has 2 heterocycles. The molecule has 4 aromatic rings. The Morgan fingerprint density at radius 3 is 2.96 bits per heavy atom. The monoisotopic (exact) mass is 334 g/mol. The third-order valence-electron chi connectivity index (χ3n) is 3.81. The summed E-state index contributed by atoms with van der Waals surface area (Å²) < 4.78 is 6.95. The van der Waals surface area contributed by atoms with Gasteiger partial charge in [0.25, 0.3) is 0 Å². The molecule has 0 aliphatic heterocycles. The van der Waals surface area contributed by atoms with Gasteiger partial charge in [-0.05, 0) is 47.2 Å². The molecule has 0 atom stereocenters. The second-order valence-corrected chi connectivity index (χ2v) is 6.29. The van der Waals surface area contributed by atoms with Crippen molar-refractivity contribution in [3.05, 3.63) is 72.0 Å². The van der Waals surface area contributed by atoms with Crippen molar-refractivity contribution in [1.29, 1.82) is 0 Å². The number of imidazole rings is 1. The van der Waals surface area contributed by atoms with Crippen LogP contribution < -0.4 is 4.74 Å². The quantitative estimate of drug-likeness (QED) is 0.545. The van der Waals surface area contributed by atoms with Crippen molar-refractivity contribution < 1.29 is 9.53 Å².